The van der Waals surface area contributed by atoms with Gasteiger partial charge in [0.15, 0.2) is 0 Å². The smallest absolute Gasteiger partial charge is 0.387 e. The van der Waals surface area contributed by atoms with Crippen LogP contribution >= 0.6 is 0 Å². The molecule has 1 fully saturated rings. The third-order valence-corrected chi connectivity index (χ3v) is 3.16. The number of rotatable bonds is 4. The molecule has 2 rings (SSSR count). The molecule has 0 bridgehead atoms. The Kier molecular flexibility index (Phi) is 4.72. The Morgan fingerprint density at radius 3 is 2.90 bits per heavy atom. The van der Waals surface area contributed by atoms with Gasteiger partial charge in [-0.05, 0) is 37.5 Å². The first-order valence-electron chi connectivity index (χ1n) is 6.61. The van der Waals surface area contributed by atoms with Crippen LogP contribution in [0.4, 0.5) is 14.5 Å². The van der Waals surface area contributed by atoms with Crippen molar-refractivity contribution >= 4 is 17.5 Å². The van der Waals surface area contributed by atoms with E-state index in [1.54, 1.807) is 13.0 Å². The van der Waals surface area contributed by atoms with Crippen molar-refractivity contribution in [3.8, 4) is 5.75 Å². The Bertz CT molecular complexity index is 549. The molecule has 0 radical (unpaired) electrons. The Balaban J connectivity index is 2.11. The molecule has 1 atom stereocenters. The molecule has 1 heterocycles. The topological polar surface area (TPSA) is 67.4 Å². The molecular formula is C14H16F2N2O3. The van der Waals surface area contributed by atoms with Crippen LogP contribution < -0.4 is 15.4 Å². The number of halogens is 2. The fourth-order valence-electron chi connectivity index (χ4n) is 2.15. The van der Waals surface area contributed by atoms with Crippen LogP contribution in [0.5, 0.6) is 5.75 Å². The molecule has 0 saturated carbocycles. The van der Waals surface area contributed by atoms with Gasteiger partial charge in [0.05, 0.1) is 5.69 Å². The summed E-state index contributed by atoms with van der Waals surface area (Å²) >= 11 is 0. The standard InChI is InChI=1S/C14H16F2N2O3/c1-8-5-6-9(11(7-8)21-14(15)16)18-13(20)10-3-2-4-12(19)17-10/h5-7,10,14H,2-4H2,1H3,(H,17,19)(H,18,20)/t10-/m1/s1. The molecule has 5 nitrogen and oxygen atoms in total. The second-order valence-electron chi connectivity index (χ2n) is 4.88. The first-order valence-corrected chi connectivity index (χ1v) is 6.61. The van der Waals surface area contributed by atoms with E-state index in [9.17, 15) is 18.4 Å². The summed E-state index contributed by atoms with van der Waals surface area (Å²) in [7, 11) is 0. The Labute approximate surface area is 120 Å². The van der Waals surface area contributed by atoms with Crippen LogP contribution in [0, 0.1) is 6.92 Å². The van der Waals surface area contributed by atoms with Gasteiger partial charge in [-0.2, -0.15) is 8.78 Å². The number of piperidine rings is 1. The van der Waals surface area contributed by atoms with Crippen LogP contribution in [0.1, 0.15) is 24.8 Å². The van der Waals surface area contributed by atoms with E-state index >= 15 is 0 Å². The third-order valence-electron chi connectivity index (χ3n) is 3.16. The zero-order chi connectivity index (χ0) is 15.4. The fourth-order valence-corrected chi connectivity index (χ4v) is 2.15. The van der Waals surface area contributed by atoms with Gasteiger partial charge in [-0.25, -0.2) is 0 Å². The molecule has 114 valence electrons. The summed E-state index contributed by atoms with van der Waals surface area (Å²) in [6, 6.07) is 3.94. The number of alkyl halides is 2. The number of hydrogen-bond acceptors (Lipinski definition) is 3. The zero-order valence-electron chi connectivity index (χ0n) is 11.5. The maximum absolute atomic E-state index is 12.4. The number of benzene rings is 1. The minimum absolute atomic E-state index is 0.0968. The maximum atomic E-state index is 12.4. The number of nitrogens with one attached hydrogen (secondary N) is 2. The number of carbonyl (C=O) groups excluding carboxylic acids is 2. The van der Waals surface area contributed by atoms with Crippen LogP contribution in [0.2, 0.25) is 0 Å². The number of hydrogen-bond donors (Lipinski definition) is 2. The van der Waals surface area contributed by atoms with Gasteiger partial charge in [0.25, 0.3) is 0 Å². The van der Waals surface area contributed by atoms with Gasteiger partial charge >= 0.3 is 6.61 Å². The number of aryl methyl sites for hydroxylation is 1. The van der Waals surface area contributed by atoms with Gasteiger partial charge in [-0.1, -0.05) is 6.07 Å². The highest BCUT2D eigenvalue weighted by Crippen LogP contribution is 2.27. The van der Waals surface area contributed by atoms with Gasteiger partial charge in [-0.15, -0.1) is 0 Å². The van der Waals surface area contributed by atoms with Crippen molar-refractivity contribution in [1.82, 2.24) is 5.32 Å². The van der Waals surface area contributed by atoms with Crippen molar-refractivity contribution in [3.05, 3.63) is 23.8 Å². The molecule has 2 N–H and O–H groups in total. The van der Waals surface area contributed by atoms with Gasteiger partial charge in [-0.3, -0.25) is 9.59 Å². The van der Waals surface area contributed by atoms with E-state index in [2.05, 4.69) is 15.4 Å². The molecule has 0 aromatic heterocycles. The number of anilines is 1. The van der Waals surface area contributed by atoms with Crippen molar-refractivity contribution in [2.75, 3.05) is 5.32 Å². The summed E-state index contributed by atoms with van der Waals surface area (Å²) in [6.45, 7) is -1.25. The second-order valence-corrected chi connectivity index (χ2v) is 4.88. The van der Waals surface area contributed by atoms with Crippen molar-refractivity contribution in [3.63, 3.8) is 0 Å². The highest BCUT2D eigenvalue weighted by Gasteiger charge is 2.25. The quantitative estimate of drug-likeness (QED) is 0.895. The molecule has 21 heavy (non-hydrogen) atoms. The molecule has 0 aliphatic carbocycles. The van der Waals surface area contributed by atoms with Crippen molar-refractivity contribution in [2.24, 2.45) is 0 Å². The molecule has 7 heteroatoms. The van der Waals surface area contributed by atoms with Gasteiger partial charge in [0, 0.05) is 6.42 Å². The highest BCUT2D eigenvalue weighted by atomic mass is 19.3. The third kappa shape index (κ3) is 4.14. The molecule has 2 amide bonds. The van der Waals surface area contributed by atoms with Crippen molar-refractivity contribution < 1.29 is 23.1 Å². The highest BCUT2D eigenvalue weighted by molar-refractivity contribution is 5.98. The van der Waals surface area contributed by atoms with Gasteiger partial charge in [0.1, 0.15) is 11.8 Å². The average Bonchev–Trinajstić information content (AvgIpc) is 2.41. The summed E-state index contributed by atoms with van der Waals surface area (Å²) in [5.74, 6) is -0.721. The summed E-state index contributed by atoms with van der Waals surface area (Å²) in [6.07, 6.45) is 1.54. The lowest BCUT2D eigenvalue weighted by Crippen LogP contribution is -2.46. The summed E-state index contributed by atoms with van der Waals surface area (Å²) in [4.78, 5) is 23.3. The van der Waals surface area contributed by atoms with Crippen molar-refractivity contribution in [2.45, 2.75) is 38.8 Å². The largest absolute Gasteiger partial charge is 0.433 e. The predicted molar refractivity (Wildman–Crippen MR) is 72.2 cm³/mol. The molecule has 0 spiro atoms. The van der Waals surface area contributed by atoms with Crippen LogP contribution in [0.25, 0.3) is 0 Å². The SMILES string of the molecule is Cc1ccc(NC(=O)[C@H]2CCCC(=O)N2)c(OC(F)F)c1. The number of ether oxygens (including phenoxy) is 1. The van der Waals surface area contributed by atoms with E-state index in [0.717, 1.165) is 5.56 Å². The van der Waals surface area contributed by atoms with Crippen LogP contribution in [0.15, 0.2) is 18.2 Å². The molecule has 1 saturated heterocycles. The lowest BCUT2D eigenvalue weighted by atomic mass is 10.0. The van der Waals surface area contributed by atoms with E-state index in [1.165, 1.54) is 12.1 Å². The lowest BCUT2D eigenvalue weighted by molar-refractivity contribution is -0.128. The summed E-state index contributed by atoms with van der Waals surface area (Å²) < 4.78 is 29.2. The summed E-state index contributed by atoms with van der Waals surface area (Å²) in [5, 5.41) is 5.09. The molecule has 1 aliphatic heterocycles. The molecule has 1 aromatic rings. The Morgan fingerprint density at radius 1 is 1.48 bits per heavy atom. The average molecular weight is 298 g/mol. The monoisotopic (exact) mass is 298 g/mol. The lowest BCUT2D eigenvalue weighted by Gasteiger charge is -2.23. The van der Waals surface area contributed by atoms with Gasteiger partial charge in [0.2, 0.25) is 11.8 Å². The van der Waals surface area contributed by atoms with E-state index in [4.69, 9.17) is 0 Å². The Hall–Kier alpha value is -2.18. The van der Waals surface area contributed by atoms with Crippen molar-refractivity contribution in [1.29, 1.82) is 0 Å². The molecule has 1 aliphatic rings. The summed E-state index contributed by atoms with van der Waals surface area (Å²) in [5.41, 5.74) is 0.889. The minimum Gasteiger partial charge on any atom is -0.433 e. The molecule has 0 unspecified atom stereocenters. The molecule has 1 aromatic carbocycles. The van der Waals surface area contributed by atoms with E-state index in [1.807, 2.05) is 0 Å². The fraction of sp³-hybridized carbons (Fsp3) is 0.429. The minimum atomic E-state index is -2.98. The van der Waals surface area contributed by atoms with Crippen LogP contribution in [-0.4, -0.2) is 24.5 Å². The first-order chi connectivity index (χ1) is 9.95. The first kappa shape index (κ1) is 15.2. The second kappa shape index (κ2) is 6.51. The predicted octanol–water partition coefficient (Wildman–Crippen LogP) is 2.20. The number of amides is 2. The maximum Gasteiger partial charge on any atom is 0.387 e. The normalized spacial score (nSPS) is 18.3. The van der Waals surface area contributed by atoms with Crippen LogP contribution in [-0.2, 0) is 9.59 Å². The van der Waals surface area contributed by atoms with Gasteiger partial charge < -0.3 is 15.4 Å². The zero-order valence-corrected chi connectivity index (χ0v) is 11.5. The van der Waals surface area contributed by atoms with E-state index in [0.29, 0.717) is 19.3 Å². The van der Waals surface area contributed by atoms with E-state index in [-0.39, 0.29) is 17.3 Å². The van der Waals surface area contributed by atoms with E-state index < -0.39 is 18.6 Å². The Morgan fingerprint density at radius 2 is 2.24 bits per heavy atom. The number of carbonyl (C=O) groups is 2. The molecular weight excluding hydrogens is 282 g/mol. The van der Waals surface area contributed by atoms with Crippen LogP contribution in [0.3, 0.4) is 0 Å².